The van der Waals surface area contributed by atoms with Crippen molar-refractivity contribution in [3.05, 3.63) is 11.6 Å². The minimum Gasteiger partial charge on any atom is -0.466 e. The number of hydrogen-bond acceptors (Lipinski definition) is 3. The molecular weight excluding hydrogens is 304 g/mol. The quantitative estimate of drug-likeness (QED) is 0.532. The van der Waals surface area contributed by atoms with Crippen molar-refractivity contribution in [1.29, 1.82) is 0 Å². The summed E-state index contributed by atoms with van der Waals surface area (Å²) in [5.74, 6) is 0.402. The molecule has 2 aliphatic carbocycles. The van der Waals surface area contributed by atoms with Crippen LogP contribution in [0.2, 0.25) is 18.1 Å². The minimum absolute atomic E-state index is 0.0251. The van der Waals surface area contributed by atoms with E-state index in [1.165, 1.54) is 20.0 Å². The van der Waals surface area contributed by atoms with Crippen molar-refractivity contribution in [3.63, 3.8) is 0 Å². The predicted octanol–water partition coefficient (Wildman–Crippen LogP) is 5.08. The molecule has 1 fully saturated rings. The van der Waals surface area contributed by atoms with Crippen molar-refractivity contribution in [1.82, 2.24) is 0 Å². The van der Waals surface area contributed by atoms with Crippen LogP contribution in [-0.2, 0) is 14.0 Å². The largest absolute Gasteiger partial charge is 0.466 e. The molecule has 0 aliphatic heterocycles. The van der Waals surface area contributed by atoms with Gasteiger partial charge in [0.15, 0.2) is 8.32 Å². The average molecular weight is 339 g/mol. The first-order valence-corrected chi connectivity index (χ1v) is 11.9. The normalized spacial score (nSPS) is 32.0. The summed E-state index contributed by atoms with van der Waals surface area (Å²) in [5, 5.41) is 0.211. The SMILES string of the molecule is COC(=O)C1=C[C@]2(CC1)[C@H](C)CCC[C@H]2O[Si](C)(C)C(C)(C)C. The van der Waals surface area contributed by atoms with Gasteiger partial charge < -0.3 is 9.16 Å². The van der Waals surface area contributed by atoms with Crippen LogP contribution in [0.25, 0.3) is 0 Å². The Morgan fingerprint density at radius 2 is 1.96 bits per heavy atom. The molecule has 0 aromatic rings. The van der Waals surface area contributed by atoms with Gasteiger partial charge >= 0.3 is 5.97 Å². The highest BCUT2D eigenvalue weighted by molar-refractivity contribution is 6.74. The molecule has 0 radical (unpaired) electrons. The smallest absolute Gasteiger partial charge is 0.333 e. The second-order valence-corrected chi connectivity index (χ2v) is 13.7. The zero-order chi connectivity index (χ0) is 17.5. The number of hydrogen-bond donors (Lipinski definition) is 0. The highest BCUT2D eigenvalue weighted by Crippen LogP contribution is 2.54. The summed E-state index contributed by atoms with van der Waals surface area (Å²) in [5.41, 5.74) is 0.877. The van der Waals surface area contributed by atoms with Crippen LogP contribution >= 0.6 is 0 Å². The Bertz CT molecular complexity index is 489. The lowest BCUT2D eigenvalue weighted by atomic mass is 9.65. The molecule has 23 heavy (non-hydrogen) atoms. The van der Waals surface area contributed by atoms with Gasteiger partial charge in [-0.3, -0.25) is 0 Å². The number of carbonyl (C=O) groups is 1. The summed E-state index contributed by atoms with van der Waals surface area (Å²) in [6.45, 7) is 13.9. The number of ether oxygens (including phenoxy) is 1. The van der Waals surface area contributed by atoms with Gasteiger partial charge in [0.1, 0.15) is 0 Å². The number of methoxy groups -OCH3 is 1. The highest BCUT2D eigenvalue weighted by Gasteiger charge is 2.51. The van der Waals surface area contributed by atoms with Crippen LogP contribution in [0.3, 0.4) is 0 Å². The molecule has 2 aliphatic rings. The zero-order valence-corrected chi connectivity index (χ0v) is 17.0. The second kappa shape index (κ2) is 6.36. The van der Waals surface area contributed by atoms with Crippen LogP contribution in [0.15, 0.2) is 11.6 Å². The van der Waals surface area contributed by atoms with Gasteiger partial charge in [0.25, 0.3) is 0 Å². The van der Waals surface area contributed by atoms with E-state index in [1.807, 2.05) is 0 Å². The molecule has 4 heteroatoms. The summed E-state index contributed by atoms with van der Waals surface area (Å²) in [6, 6.07) is 0. The molecule has 0 bridgehead atoms. The van der Waals surface area contributed by atoms with Gasteiger partial charge in [-0.1, -0.05) is 40.2 Å². The first-order chi connectivity index (χ1) is 10.5. The third-order valence-electron chi connectivity index (χ3n) is 6.58. The second-order valence-electron chi connectivity index (χ2n) is 8.97. The maximum atomic E-state index is 12.0. The van der Waals surface area contributed by atoms with Crippen LogP contribution in [-0.4, -0.2) is 27.5 Å². The fourth-order valence-electron chi connectivity index (χ4n) is 3.92. The molecule has 0 heterocycles. The number of carbonyl (C=O) groups excluding carboxylic acids is 1. The molecule has 1 saturated carbocycles. The van der Waals surface area contributed by atoms with Crippen molar-refractivity contribution >= 4 is 14.3 Å². The fraction of sp³-hybridized carbons (Fsp3) is 0.842. The molecule has 0 N–H and O–H groups in total. The maximum absolute atomic E-state index is 12.0. The van der Waals surface area contributed by atoms with E-state index in [4.69, 9.17) is 9.16 Å². The lowest BCUT2D eigenvalue weighted by Crippen LogP contribution is -2.51. The fourth-order valence-corrected chi connectivity index (χ4v) is 5.32. The van der Waals surface area contributed by atoms with Crippen LogP contribution in [0.4, 0.5) is 0 Å². The summed E-state index contributed by atoms with van der Waals surface area (Å²) >= 11 is 0. The van der Waals surface area contributed by atoms with Gasteiger partial charge in [0, 0.05) is 11.0 Å². The van der Waals surface area contributed by atoms with E-state index in [0.717, 1.165) is 24.8 Å². The lowest BCUT2D eigenvalue weighted by molar-refractivity contribution is -0.136. The molecule has 3 atom stereocenters. The molecule has 0 amide bonds. The van der Waals surface area contributed by atoms with E-state index >= 15 is 0 Å². The molecule has 0 unspecified atom stereocenters. The monoisotopic (exact) mass is 338 g/mol. The highest BCUT2D eigenvalue weighted by atomic mass is 28.4. The Hall–Kier alpha value is -0.613. The third kappa shape index (κ3) is 3.43. The topological polar surface area (TPSA) is 35.5 Å². The molecule has 1 spiro atoms. The molecule has 0 aromatic heterocycles. The maximum Gasteiger partial charge on any atom is 0.333 e. The van der Waals surface area contributed by atoms with Crippen molar-refractivity contribution in [2.45, 2.75) is 84.0 Å². The van der Waals surface area contributed by atoms with E-state index in [1.54, 1.807) is 0 Å². The zero-order valence-electron chi connectivity index (χ0n) is 16.0. The van der Waals surface area contributed by atoms with E-state index < -0.39 is 8.32 Å². The number of rotatable bonds is 3. The lowest BCUT2D eigenvalue weighted by Gasteiger charge is -2.50. The van der Waals surface area contributed by atoms with Crippen LogP contribution < -0.4 is 0 Å². The van der Waals surface area contributed by atoms with E-state index in [-0.39, 0.29) is 22.5 Å². The van der Waals surface area contributed by atoms with E-state index in [0.29, 0.717) is 5.92 Å². The van der Waals surface area contributed by atoms with E-state index in [2.05, 4.69) is 46.9 Å². The average Bonchev–Trinajstić information content (AvgIpc) is 2.88. The van der Waals surface area contributed by atoms with Gasteiger partial charge in [-0.25, -0.2) is 4.79 Å². The van der Waals surface area contributed by atoms with Gasteiger partial charge in [-0.2, -0.15) is 0 Å². The van der Waals surface area contributed by atoms with Crippen molar-refractivity contribution in [2.75, 3.05) is 7.11 Å². The summed E-state index contributed by atoms with van der Waals surface area (Å²) < 4.78 is 11.8. The summed E-state index contributed by atoms with van der Waals surface area (Å²) in [7, 11) is -0.344. The van der Waals surface area contributed by atoms with Crippen LogP contribution in [0.5, 0.6) is 0 Å². The first-order valence-electron chi connectivity index (χ1n) is 9.01. The molecule has 0 aromatic carbocycles. The van der Waals surface area contributed by atoms with Gasteiger partial charge in [-0.15, -0.1) is 0 Å². The first kappa shape index (κ1) is 18.7. The predicted molar refractivity (Wildman–Crippen MR) is 96.9 cm³/mol. The molecule has 132 valence electrons. The van der Waals surface area contributed by atoms with Crippen molar-refractivity contribution in [2.24, 2.45) is 11.3 Å². The number of esters is 1. The van der Waals surface area contributed by atoms with E-state index in [9.17, 15) is 4.79 Å². The van der Waals surface area contributed by atoms with Gasteiger partial charge in [0.05, 0.1) is 13.2 Å². The Morgan fingerprint density at radius 3 is 2.52 bits per heavy atom. The molecule has 0 saturated heterocycles. The third-order valence-corrected chi connectivity index (χ3v) is 11.1. The van der Waals surface area contributed by atoms with Gasteiger partial charge in [0.2, 0.25) is 0 Å². The Kier molecular flexibility index (Phi) is 5.18. The Balaban J connectivity index is 2.31. The molecular formula is C19H34O3Si. The van der Waals surface area contributed by atoms with Gasteiger partial charge in [-0.05, 0) is 49.7 Å². The Morgan fingerprint density at radius 1 is 1.30 bits per heavy atom. The standard InChI is InChI=1S/C19H34O3Si/c1-14-9-8-10-16(22-23(6,7)18(2,3)4)19(14)12-11-15(13-19)17(20)21-5/h13-14,16H,8-12H2,1-7H3/t14-,16-,19-/m1/s1. The van der Waals surface area contributed by atoms with Crippen molar-refractivity contribution in [3.8, 4) is 0 Å². The molecule has 2 rings (SSSR count). The molecule has 3 nitrogen and oxygen atoms in total. The van der Waals surface area contributed by atoms with Crippen molar-refractivity contribution < 1.29 is 14.0 Å². The van der Waals surface area contributed by atoms with Crippen LogP contribution in [0.1, 0.15) is 59.8 Å². The summed E-state index contributed by atoms with van der Waals surface area (Å²) in [4.78, 5) is 12.0. The summed E-state index contributed by atoms with van der Waals surface area (Å²) in [6.07, 6.45) is 7.88. The van der Waals surface area contributed by atoms with Crippen LogP contribution in [0, 0.1) is 11.3 Å². The Labute approximate surface area is 142 Å². The minimum atomic E-state index is -1.82.